The minimum Gasteiger partial charge on any atom is -0.466 e. The van der Waals surface area contributed by atoms with Gasteiger partial charge in [-0.05, 0) is 19.8 Å². The summed E-state index contributed by atoms with van der Waals surface area (Å²) in [6.07, 6.45) is 1.54. The number of hydrogen-bond donors (Lipinski definition) is 1. The first-order valence-corrected chi connectivity index (χ1v) is 5.24. The van der Waals surface area contributed by atoms with E-state index in [9.17, 15) is 9.59 Å². The second-order valence-electron chi connectivity index (χ2n) is 3.59. The smallest absolute Gasteiger partial charge is 0.310 e. The summed E-state index contributed by atoms with van der Waals surface area (Å²) < 4.78 is 4.90. The Bertz CT molecular complexity index is 242. The van der Waals surface area contributed by atoms with Gasteiger partial charge >= 0.3 is 5.97 Å². The number of carbonyl (C=O) groups is 2. The predicted octanol–water partition coefficient (Wildman–Crippen LogP) is -0.220. The molecule has 0 aromatic heterocycles. The number of aliphatic hydroxyl groups is 1. The van der Waals surface area contributed by atoms with E-state index in [0.717, 1.165) is 12.8 Å². The number of hydrogen-bond acceptors (Lipinski definition) is 4. The molecule has 0 radical (unpaired) electrons. The fourth-order valence-corrected chi connectivity index (χ4v) is 1.76. The second-order valence-corrected chi connectivity index (χ2v) is 3.59. The van der Waals surface area contributed by atoms with Crippen molar-refractivity contribution < 1.29 is 19.4 Å². The van der Waals surface area contributed by atoms with Gasteiger partial charge in [0.05, 0.1) is 12.5 Å². The molecule has 86 valence electrons. The third-order valence-electron chi connectivity index (χ3n) is 2.53. The Morgan fingerprint density at radius 3 is 2.87 bits per heavy atom. The fraction of sp³-hybridized carbons (Fsp3) is 0.800. The zero-order chi connectivity index (χ0) is 11.3. The molecule has 5 heteroatoms. The largest absolute Gasteiger partial charge is 0.466 e. The van der Waals surface area contributed by atoms with Gasteiger partial charge in [0.25, 0.3) is 0 Å². The van der Waals surface area contributed by atoms with Gasteiger partial charge in [-0.25, -0.2) is 0 Å². The Balaban J connectivity index is 2.48. The summed E-state index contributed by atoms with van der Waals surface area (Å²) in [6.45, 7) is 2.63. The van der Waals surface area contributed by atoms with Gasteiger partial charge in [-0.15, -0.1) is 0 Å². The van der Waals surface area contributed by atoms with Crippen molar-refractivity contribution in [2.24, 2.45) is 5.92 Å². The molecule has 0 spiro atoms. The monoisotopic (exact) mass is 215 g/mol. The average Bonchev–Trinajstić information content (AvgIpc) is 2.28. The number of aliphatic hydroxyl groups excluding tert-OH is 1. The second kappa shape index (κ2) is 5.70. The van der Waals surface area contributed by atoms with E-state index in [1.807, 2.05) is 0 Å². The number of likely N-dealkylation sites (tertiary alicyclic amines) is 1. The molecule has 0 aromatic carbocycles. The predicted molar refractivity (Wildman–Crippen MR) is 53.0 cm³/mol. The lowest BCUT2D eigenvalue weighted by Crippen LogP contribution is -2.43. The fourth-order valence-electron chi connectivity index (χ4n) is 1.76. The van der Waals surface area contributed by atoms with E-state index in [1.54, 1.807) is 6.92 Å². The van der Waals surface area contributed by atoms with Crippen molar-refractivity contribution in [3.05, 3.63) is 0 Å². The number of piperidine rings is 1. The highest BCUT2D eigenvalue weighted by Gasteiger charge is 2.28. The van der Waals surface area contributed by atoms with Gasteiger partial charge < -0.3 is 14.7 Å². The first kappa shape index (κ1) is 12.0. The molecule has 1 N–H and O–H groups in total. The Hall–Kier alpha value is -1.10. The standard InChI is InChI=1S/C10H17NO4/c1-2-15-10(14)8-4-3-5-11(6-8)9(13)7-12/h8,12H,2-7H2,1H3. The minimum absolute atomic E-state index is 0.228. The minimum atomic E-state index is -0.491. The highest BCUT2D eigenvalue weighted by molar-refractivity contribution is 5.79. The van der Waals surface area contributed by atoms with Crippen LogP contribution in [0, 0.1) is 5.92 Å². The van der Waals surface area contributed by atoms with Crippen LogP contribution >= 0.6 is 0 Å². The van der Waals surface area contributed by atoms with Gasteiger partial charge in [0.2, 0.25) is 5.91 Å². The number of carbonyl (C=O) groups excluding carboxylic acids is 2. The van der Waals surface area contributed by atoms with Gasteiger partial charge in [0.1, 0.15) is 6.61 Å². The van der Waals surface area contributed by atoms with Crippen molar-refractivity contribution >= 4 is 11.9 Å². The van der Waals surface area contributed by atoms with Crippen LogP contribution in [0.5, 0.6) is 0 Å². The lowest BCUT2D eigenvalue weighted by molar-refractivity contribution is -0.151. The van der Waals surface area contributed by atoms with E-state index in [-0.39, 0.29) is 17.8 Å². The van der Waals surface area contributed by atoms with Crippen molar-refractivity contribution in [2.75, 3.05) is 26.3 Å². The van der Waals surface area contributed by atoms with Crippen LogP contribution in [-0.4, -0.2) is 48.2 Å². The van der Waals surface area contributed by atoms with Crippen molar-refractivity contribution in [3.63, 3.8) is 0 Å². The summed E-state index contributed by atoms with van der Waals surface area (Å²) in [4.78, 5) is 24.2. The molecular formula is C10H17NO4. The maximum absolute atomic E-state index is 11.4. The van der Waals surface area contributed by atoms with Crippen molar-refractivity contribution in [2.45, 2.75) is 19.8 Å². The Labute approximate surface area is 89.0 Å². The maximum Gasteiger partial charge on any atom is 0.310 e. The van der Waals surface area contributed by atoms with E-state index in [1.165, 1.54) is 4.90 Å². The van der Waals surface area contributed by atoms with E-state index >= 15 is 0 Å². The van der Waals surface area contributed by atoms with Crippen LogP contribution in [0.25, 0.3) is 0 Å². The van der Waals surface area contributed by atoms with E-state index in [2.05, 4.69) is 0 Å². The molecule has 0 bridgehead atoms. The van der Waals surface area contributed by atoms with Crippen LogP contribution < -0.4 is 0 Å². The molecule has 1 fully saturated rings. The van der Waals surface area contributed by atoms with Crippen LogP contribution in [0.4, 0.5) is 0 Å². The van der Waals surface area contributed by atoms with Crippen LogP contribution in [0.1, 0.15) is 19.8 Å². The molecule has 0 aromatic rings. The van der Waals surface area contributed by atoms with Gasteiger partial charge in [0, 0.05) is 13.1 Å². The first-order chi connectivity index (χ1) is 7.19. The molecular weight excluding hydrogens is 198 g/mol. The van der Waals surface area contributed by atoms with Gasteiger partial charge in [-0.2, -0.15) is 0 Å². The van der Waals surface area contributed by atoms with Crippen LogP contribution in [0.2, 0.25) is 0 Å². The molecule has 1 heterocycles. The molecule has 1 rings (SSSR count). The summed E-state index contributed by atoms with van der Waals surface area (Å²) in [5.74, 6) is -0.786. The Kier molecular flexibility index (Phi) is 4.55. The lowest BCUT2D eigenvalue weighted by atomic mass is 9.98. The highest BCUT2D eigenvalue weighted by atomic mass is 16.5. The third-order valence-corrected chi connectivity index (χ3v) is 2.53. The molecule has 0 aliphatic carbocycles. The molecule has 15 heavy (non-hydrogen) atoms. The number of nitrogens with zero attached hydrogens (tertiary/aromatic N) is 1. The summed E-state index contributed by atoms with van der Waals surface area (Å²) in [5.41, 5.74) is 0. The van der Waals surface area contributed by atoms with Gasteiger partial charge in [0.15, 0.2) is 0 Å². The summed E-state index contributed by atoms with van der Waals surface area (Å²) in [6, 6.07) is 0. The van der Waals surface area contributed by atoms with Crippen molar-refractivity contribution in [3.8, 4) is 0 Å². The molecule has 1 atom stereocenters. The molecule has 1 amide bonds. The third kappa shape index (κ3) is 3.20. The van der Waals surface area contributed by atoms with Gasteiger partial charge in [-0.1, -0.05) is 0 Å². The molecule has 1 aliphatic rings. The van der Waals surface area contributed by atoms with Crippen molar-refractivity contribution in [1.29, 1.82) is 0 Å². The summed E-state index contributed by atoms with van der Waals surface area (Å²) in [7, 11) is 0. The van der Waals surface area contributed by atoms with Gasteiger partial charge in [-0.3, -0.25) is 9.59 Å². The number of esters is 1. The average molecular weight is 215 g/mol. The molecule has 1 unspecified atom stereocenters. The van der Waals surface area contributed by atoms with Crippen LogP contribution in [0.15, 0.2) is 0 Å². The van der Waals surface area contributed by atoms with E-state index in [0.29, 0.717) is 19.7 Å². The Morgan fingerprint density at radius 1 is 1.53 bits per heavy atom. The molecule has 0 saturated carbocycles. The SMILES string of the molecule is CCOC(=O)C1CCCN(C(=O)CO)C1. The quantitative estimate of drug-likeness (QED) is 0.661. The van der Waals surface area contributed by atoms with Crippen LogP contribution in [-0.2, 0) is 14.3 Å². The zero-order valence-electron chi connectivity index (χ0n) is 8.94. The maximum atomic E-state index is 11.4. The molecule has 1 saturated heterocycles. The summed E-state index contributed by atoms with van der Waals surface area (Å²) >= 11 is 0. The summed E-state index contributed by atoms with van der Waals surface area (Å²) in [5, 5.41) is 8.71. The lowest BCUT2D eigenvalue weighted by Gasteiger charge is -2.31. The molecule has 5 nitrogen and oxygen atoms in total. The number of rotatable bonds is 3. The number of amides is 1. The number of ether oxygens (including phenoxy) is 1. The first-order valence-electron chi connectivity index (χ1n) is 5.24. The topological polar surface area (TPSA) is 66.8 Å². The highest BCUT2D eigenvalue weighted by Crippen LogP contribution is 2.17. The van der Waals surface area contributed by atoms with Crippen molar-refractivity contribution in [1.82, 2.24) is 4.90 Å². The van der Waals surface area contributed by atoms with E-state index < -0.39 is 6.61 Å². The van der Waals surface area contributed by atoms with Crippen LogP contribution in [0.3, 0.4) is 0 Å². The Morgan fingerprint density at radius 2 is 2.27 bits per heavy atom. The zero-order valence-corrected chi connectivity index (χ0v) is 8.94. The normalized spacial score (nSPS) is 21.2. The molecule has 1 aliphatic heterocycles. The van der Waals surface area contributed by atoms with E-state index in [4.69, 9.17) is 9.84 Å².